The van der Waals surface area contributed by atoms with E-state index in [-0.39, 0.29) is 23.5 Å². The molecule has 1 saturated heterocycles. The van der Waals surface area contributed by atoms with Crippen molar-refractivity contribution in [2.24, 2.45) is 0 Å². The lowest BCUT2D eigenvalue weighted by Gasteiger charge is -2.38. The first kappa shape index (κ1) is 24.0. The molecule has 9 heteroatoms. The molecule has 2 aromatic rings. The fraction of sp³-hybridized carbons (Fsp3) is 0.458. The number of anilines is 3. The van der Waals surface area contributed by atoms with Crippen molar-refractivity contribution < 1.29 is 9.59 Å². The molecule has 0 bridgehead atoms. The summed E-state index contributed by atoms with van der Waals surface area (Å²) in [6.07, 6.45) is 3.29. The van der Waals surface area contributed by atoms with E-state index in [2.05, 4.69) is 33.9 Å². The normalized spacial score (nSPS) is 18.5. The average Bonchev–Trinajstić information content (AvgIpc) is 2.91. The number of benzene rings is 1. The van der Waals surface area contributed by atoms with Crippen LogP contribution in [0.4, 0.5) is 17.2 Å². The van der Waals surface area contributed by atoms with Gasteiger partial charge in [0.1, 0.15) is 5.15 Å². The van der Waals surface area contributed by atoms with Gasteiger partial charge in [0.25, 0.3) is 5.91 Å². The van der Waals surface area contributed by atoms with Gasteiger partial charge in [-0.3, -0.25) is 19.4 Å². The molecule has 1 N–H and O–H groups in total. The van der Waals surface area contributed by atoms with E-state index in [9.17, 15) is 9.59 Å². The van der Waals surface area contributed by atoms with Gasteiger partial charge in [-0.25, -0.2) is 4.98 Å². The summed E-state index contributed by atoms with van der Waals surface area (Å²) in [6.45, 7) is 8.31. The number of amides is 2. The van der Waals surface area contributed by atoms with Gasteiger partial charge >= 0.3 is 0 Å². The Hall–Kier alpha value is -2.19. The number of likely N-dealkylation sites (tertiary alicyclic amines) is 1. The maximum Gasteiger partial charge on any atom is 0.257 e. The van der Waals surface area contributed by atoms with Crippen LogP contribution in [0, 0.1) is 0 Å². The number of rotatable bonds is 6. The van der Waals surface area contributed by atoms with Crippen LogP contribution in [0.5, 0.6) is 0 Å². The van der Waals surface area contributed by atoms with E-state index < -0.39 is 0 Å². The molecule has 0 aliphatic carbocycles. The lowest BCUT2D eigenvalue weighted by Crippen LogP contribution is -2.50. The first-order chi connectivity index (χ1) is 15.9. The number of carbonyl (C=O) groups excluding carboxylic acids is 2. The number of hydrogen-bond donors (Lipinski definition) is 1. The minimum atomic E-state index is -0.320. The van der Waals surface area contributed by atoms with Crippen LogP contribution in [0.25, 0.3) is 0 Å². The minimum absolute atomic E-state index is 0.169. The summed E-state index contributed by atoms with van der Waals surface area (Å²) in [5.74, 6) is -0.184. The van der Waals surface area contributed by atoms with E-state index in [1.54, 1.807) is 30.3 Å². The maximum atomic E-state index is 13.8. The van der Waals surface area contributed by atoms with Crippen molar-refractivity contribution in [3.63, 3.8) is 0 Å². The molecular weight excluding hydrogens is 461 g/mol. The van der Waals surface area contributed by atoms with Crippen LogP contribution in [-0.4, -0.2) is 65.4 Å². The predicted octanol–water partition coefficient (Wildman–Crippen LogP) is 4.82. The van der Waals surface area contributed by atoms with Gasteiger partial charge in [0.15, 0.2) is 5.82 Å². The van der Waals surface area contributed by atoms with Gasteiger partial charge < -0.3 is 10.2 Å². The Balaban J connectivity index is 1.70. The van der Waals surface area contributed by atoms with E-state index in [1.165, 1.54) is 4.90 Å². The summed E-state index contributed by atoms with van der Waals surface area (Å²) in [6, 6.07) is 8.47. The highest BCUT2D eigenvalue weighted by Crippen LogP contribution is 2.39. The van der Waals surface area contributed by atoms with E-state index in [0.717, 1.165) is 45.4 Å². The van der Waals surface area contributed by atoms with Gasteiger partial charge in [-0.1, -0.05) is 43.5 Å². The van der Waals surface area contributed by atoms with E-state index in [0.29, 0.717) is 33.8 Å². The molecule has 33 heavy (non-hydrogen) atoms. The summed E-state index contributed by atoms with van der Waals surface area (Å²) < 4.78 is 0. The van der Waals surface area contributed by atoms with Crippen molar-refractivity contribution in [2.75, 3.05) is 42.9 Å². The fourth-order valence-electron chi connectivity index (χ4n) is 4.63. The lowest BCUT2D eigenvalue weighted by atomic mass is 10.0. The second-order valence-electron chi connectivity index (χ2n) is 8.46. The second-order valence-corrected chi connectivity index (χ2v) is 9.28. The first-order valence-corrected chi connectivity index (χ1v) is 12.2. The number of carbonyl (C=O) groups is 2. The van der Waals surface area contributed by atoms with Crippen LogP contribution in [0.3, 0.4) is 0 Å². The van der Waals surface area contributed by atoms with Crippen molar-refractivity contribution >= 4 is 52.2 Å². The molecule has 1 atom stereocenters. The number of fused-ring (bicyclic) bond motifs is 2. The smallest absolute Gasteiger partial charge is 0.257 e. The number of hydrogen-bond acceptors (Lipinski definition) is 5. The molecule has 1 aromatic heterocycles. The van der Waals surface area contributed by atoms with Crippen molar-refractivity contribution in [3.05, 3.63) is 46.1 Å². The Morgan fingerprint density at radius 1 is 1.18 bits per heavy atom. The number of nitrogens with one attached hydrogen (secondary N) is 1. The molecule has 1 fully saturated rings. The Kier molecular flexibility index (Phi) is 7.54. The third kappa shape index (κ3) is 5.17. The van der Waals surface area contributed by atoms with Gasteiger partial charge in [-0.2, -0.15) is 0 Å². The van der Waals surface area contributed by atoms with Crippen LogP contribution in [0.15, 0.2) is 30.3 Å². The van der Waals surface area contributed by atoms with Gasteiger partial charge in [0.2, 0.25) is 5.91 Å². The molecule has 2 amide bonds. The number of nitrogens with zero attached hydrogens (tertiary/aromatic N) is 4. The molecule has 1 aromatic carbocycles. The summed E-state index contributed by atoms with van der Waals surface area (Å²) in [5, 5.41) is 3.52. The molecule has 0 spiro atoms. The van der Waals surface area contributed by atoms with Gasteiger partial charge in [0.05, 0.1) is 23.5 Å². The number of piperidine rings is 1. The summed E-state index contributed by atoms with van der Waals surface area (Å²) >= 11 is 12.5. The van der Waals surface area contributed by atoms with Crippen molar-refractivity contribution in [1.82, 2.24) is 14.8 Å². The standard InChI is InChI=1S/C24H29Cl2N5O2/c1-3-29(4-2)14-17-7-5-6-12-30(17)15-22(32)31-20-13-16(25)8-9-18(20)24(33)27-19-10-11-21(26)28-23(19)31/h8-11,13,17H,3-7,12,14-15H2,1-2H3,(H,27,33). The van der Waals surface area contributed by atoms with Crippen molar-refractivity contribution in [3.8, 4) is 0 Å². The first-order valence-electron chi connectivity index (χ1n) is 11.5. The zero-order chi connectivity index (χ0) is 23.5. The molecule has 4 rings (SSSR count). The van der Waals surface area contributed by atoms with E-state index in [1.807, 2.05) is 0 Å². The lowest BCUT2D eigenvalue weighted by molar-refractivity contribution is -0.120. The molecule has 3 heterocycles. The van der Waals surface area contributed by atoms with Gasteiger partial charge in [-0.15, -0.1) is 0 Å². The molecule has 176 valence electrons. The molecular formula is C24H29Cl2N5O2. The monoisotopic (exact) mass is 489 g/mol. The number of likely N-dealkylation sites (N-methyl/N-ethyl adjacent to an activating group) is 1. The van der Waals surface area contributed by atoms with Crippen molar-refractivity contribution in [1.29, 1.82) is 0 Å². The summed E-state index contributed by atoms with van der Waals surface area (Å²) in [5.41, 5.74) is 1.21. The molecule has 0 radical (unpaired) electrons. The fourth-order valence-corrected chi connectivity index (χ4v) is 4.94. The highest BCUT2D eigenvalue weighted by molar-refractivity contribution is 6.32. The largest absolute Gasteiger partial charge is 0.319 e. The number of pyridine rings is 1. The third-order valence-corrected chi connectivity index (χ3v) is 6.89. The maximum absolute atomic E-state index is 13.8. The van der Waals surface area contributed by atoms with Crippen LogP contribution in [0.2, 0.25) is 10.2 Å². The molecule has 1 unspecified atom stereocenters. The molecule has 2 aliphatic rings. The summed E-state index contributed by atoms with van der Waals surface area (Å²) in [4.78, 5) is 37.3. The van der Waals surface area contributed by atoms with Gasteiger partial charge in [0, 0.05) is 17.6 Å². The van der Waals surface area contributed by atoms with E-state index >= 15 is 0 Å². The Bertz CT molecular complexity index is 1040. The van der Waals surface area contributed by atoms with Crippen LogP contribution in [-0.2, 0) is 4.79 Å². The SMILES string of the molecule is CCN(CC)CC1CCCCN1CC(=O)N1c2cc(Cl)ccc2C(=O)Nc2ccc(Cl)nc21. The van der Waals surface area contributed by atoms with Gasteiger partial charge in [-0.05, 0) is 62.8 Å². The Labute approximate surface area is 204 Å². The predicted molar refractivity (Wildman–Crippen MR) is 133 cm³/mol. The Morgan fingerprint density at radius 3 is 2.73 bits per heavy atom. The molecule has 0 saturated carbocycles. The summed E-state index contributed by atoms with van der Waals surface area (Å²) in [7, 11) is 0. The topological polar surface area (TPSA) is 68.8 Å². The second kappa shape index (κ2) is 10.4. The van der Waals surface area contributed by atoms with Crippen LogP contribution >= 0.6 is 23.2 Å². The average molecular weight is 490 g/mol. The Morgan fingerprint density at radius 2 is 1.97 bits per heavy atom. The zero-order valence-corrected chi connectivity index (χ0v) is 20.5. The third-order valence-electron chi connectivity index (χ3n) is 6.45. The minimum Gasteiger partial charge on any atom is -0.319 e. The van der Waals surface area contributed by atoms with Crippen LogP contribution in [0.1, 0.15) is 43.5 Å². The van der Waals surface area contributed by atoms with Crippen LogP contribution < -0.4 is 10.2 Å². The zero-order valence-electron chi connectivity index (χ0n) is 19.0. The quantitative estimate of drug-likeness (QED) is 0.589. The number of aromatic nitrogens is 1. The van der Waals surface area contributed by atoms with Crippen molar-refractivity contribution in [2.45, 2.75) is 39.2 Å². The number of halogens is 2. The highest BCUT2D eigenvalue weighted by Gasteiger charge is 2.34. The highest BCUT2D eigenvalue weighted by atomic mass is 35.5. The molecule has 2 aliphatic heterocycles. The molecule has 7 nitrogen and oxygen atoms in total. The van der Waals surface area contributed by atoms with E-state index in [4.69, 9.17) is 23.2 Å².